The normalized spacial score (nSPS) is 16.4. The van der Waals surface area contributed by atoms with Gasteiger partial charge in [0, 0.05) is 25.8 Å². The van der Waals surface area contributed by atoms with Gasteiger partial charge in [-0.05, 0) is 19.3 Å². The Kier molecular flexibility index (Phi) is 6.27. The number of hydrogen-bond acceptors (Lipinski definition) is 3. The van der Waals surface area contributed by atoms with Gasteiger partial charge >= 0.3 is 0 Å². The van der Waals surface area contributed by atoms with Crippen LogP contribution in [-0.2, 0) is 4.79 Å². The van der Waals surface area contributed by atoms with Crippen molar-refractivity contribution in [3.8, 4) is 6.07 Å². The molecule has 0 aromatic carbocycles. The van der Waals surface area contributed by atoms with Crippen molar-refractivity contribution in [1.29, 1.82) is 5.26 Å². The molecule has 0 atom stereocenters. The third kappa shape index (κ3) is 4.79. The van der Waals surface area contributed by atoms with Gasteiger partial charge in [-0.3, -0.25) is 4.79 Å². The molecule has 1 amide bonds. The zero-order valence-electron chi connectivity index (χ0n) is 11.4. The first-order valence-corrected chi connectivity index (χ1v) is 6.80. The van der Waals surface area contributed by atoms with E-state index in [1.165, 1.54) is 12.8 Å². The minimum absolute atomic E-state index is 0.209. The molecule has 0 heterocycles. The molecule has 4 nitrogen and oxygen atoms in total. The van der Waals surface area contributed by atoms with Crippen LogP contribution in [0.3, 0.4) is 0 Å². The predicted octanol–water partition coefficient (Wildman–Crippen LogP) is 2.18. The van der Waals surface area contributed by atoms with Crippen LogP contribution in [0.5, 0.6) is 0 Å². The lowest BCUT2D eigenvalue weighted by Crippen LogP contribution is -2.34. The first-order valence-electron chi connectivity index (χ1n) is 6.80. The maximum atomic E-state index is 11.9. The maximum Gasteiger partial charge on any atom is 0.263 e. The summed E-state index contributed by atoms with van der Waals surface area (Å²) in [6.07, 6.45) is 8.25. The number of nitrogens with one attached hydrogen (secondary N) is 1. The summed E-state index contributed by atoms with van der Waals surface area (Å²) < 4.78 is 0. The molecule has 0 unspecified atom stereocenters. The molecule has 1 N–H and O–H groups in total. The first-order chi connectivity index (χ1) is 8.67. The quantitative estimate of drug-likeness (QED) is 0.580. The van der Waals surface area contributed by atoms with E-state index in [9.17, 15) is 4.79 Å². The molecule has 0 aliphatic heterocycles. The van der Waals surface area contributed by atoms with Gasteiger partial charge in [0.2, 0.25) is 0 Å². The minimum Gasteiger partial charge on any atom is -0.379 e. The molecule has 0 aromatic heterocycles. The summed E-state index contributed by atoms with van der Waals surface area (Å²) in [7, 11) is 1.90. The van der Waals surface area contributed by atoms with Gasteiger partial charge in [0.05, 0.1) is 0 Å². The van der Waals surface area contributed by atoms with E-state index in [1.807, 2.05) is 18.0 Å². The Labute approximate surface area is 110 Å². The lowest BCUT2D eigenvalue weighted by atomic mass is 10.2. The fourth-order valence-corrected chi connectivity index (χ4v) is 2.16. The van der Waals surface area contributed by atoms with Crippen LogP contribution in [0.2, 0.25) is 0 Å². The molecule has 1 rings (SSSR count). The van der Waals surface area contributed by atoms with Gasteiger partial charge in [0.15, 0.2) is 0 Å². The third-order valence-corrected chi connectivity index (χ3v) is 3.27. The van der Waals surface area contributed by atoms with Crippen LogP contribution >= 0.6 is 0 Å². The Bertz CT molecular complexity index is 337. The number of nitriles is 1. The Morgan fingerprint density at radius 2 is 2.17 bits per heavy atom. The Balaban J connectivity index is 2.50. The molecule has 0 aromatic rings. The highest BCUT2D eigenvalue weighted by Gasteiger charge is 2.19. The summed E-state index contributed by atoms with van der Waals surface area (Å²) >= 11 is 0. The Morgan fingerprint density at radius 1 is 1.50 bits per heavy atom. The van der Waals surface area contributed by atoms with Crippen LogP contribution < -0.4 is 5.32 Å². The summed E-state index contributed by atoms with van der Waals surface area (Å²) in [6, 6.07) is 2.25. The molecule has 0 radical (unpaired) electrons. The van der Waals surface area contributed by atoms with Crippen LogP contribution in [0.4, 0.5) is 0 Å². The van der Waals surface area contributed by atoms with Crippen molar-refractivity contribution in [1.82, 2.24) is 10.2 Å². The minimum atomic E-state index is -0.229. The van der Waals surface area contributed by atoms with Crippen molar-refractivity contribution in [2.45, 2.75) is 51.5 Å². The van der Waals surface area contributed by atoms with Crippen molar-refractivity contribution in [3.63, 3.8) is 0 Å². The molecule has 1 fully saturated rings. The monoisotopic (exact) mass is 249 g/mol. The molecule has 18 heavy (non-hydrogen) atoms. The predicted molar refractivity (Wildman–Crippen MR) is 71.6 cm³/mol. The fourth-order valence-electron chi connectivity index (χ4n) is 2.16. The Morgan fingerprint density at radius 3 is 2.72 bits per heavy atom. The van der Waals surface area contributed by atoms with Crippen LogP contribution in [-0.4, -0.2) is 30.4 Å². The lowest BCUT2D eigenvalue weighted by molar-refractivity contribution is -0.117. The van der Waals surface area contributed by atoms with Gasteiger partial charge in [-0.15, -0.1) is 0 Å². The number of carbonyl (C=O) groups excluding carboxylic acids is 1. The molecule has 1 saturated carbocycles. The van der Waals surface area contributed by atoms with E-state index in [0.717, 1.165) is 32.2 Å². The van der Waals surface area contributed by atoms with Gasteiger partial charge in [0.25, 0.3) is 5.91 Å². The average molecular weight is 249 g/mol. The zero-order chi connectivity index (χ0) is 13.4. The summed E-state index contributed by atoms with van der Waals surface area (Å²) in [6.45, 7) is 2.99. The summed E-state index contributed by atoms with van der Waals surface area (Å²) in [5, 5.41) is 12.0. The van der Waals surface area contributed by atoms with Crippen molar-refractivity contribution in [2.75, 3.05) is 13.6 Å². The van der Waals surface area contributed by atoms with Gasteiger partial charge < -0.3 is 10.2 Å². The summed E-state index contributed by atoms with van der Waals surface area (Å²) in [5.41, 5.74) is 0.209. The van der Waals surface area contributed by atoms with Gasteiger partial charge in [-0.25, -0.2) is 0 Å². The second-order valence-electron chi connectivity index (χ2n) is 4.94. The van der Waals surface area contributed by atoms with E-state index >= 15 is 0 Å². The van der Waals surface area contributed by atoms with Crippen molar-refractivity contribution < 1.29 is 4.79 Å². The number of carbonyl (C=O) groups is 1. The molecule has 0 spiro atoms. The van der Waals surface area contributed by atoms with E-state index in [2.05, 4.69) is 12.2 Å². The van der Waals surface area contributed by atoms with Crippen LogP contribution in [0.15, 0.2) is 11.8 Å². The number of hydrogen-bond donors (Lipinski definition) is 1. The third-order valence-electron chi connectivity index (χ3n) is 3.27. The molecule has 100 valence electrons. The number of rotatable bonds is 6. The Hall–Kier alpha value is -1.50. The molecule has 0 bridgehead atoms. The second-order valence-corrected chi connectivity index (χ2v) is 4.94. The van der Waals surface area contributed by atoms with Crippen molar-refractivity contribution in [3.05, 3.63) is 11.8 Å². The van der Waals surface area contributed by atoms with E-state index in [-0.39, 0.29) is 17.5 Å². The number of unbranched alkanes of at least 4 members (excludes halogenated alkanes) is 1. The van der Waals surface area contributed by atoms with E-state index in [0.29, 0.717) is 0 Å². The largest absolute Gasteiger partial charge is 0.379 e. The van der Waals surface area contributed by atoms with Gasteiger partial charge in [-0.1, -0.05) is 26.2 Å². The smallest absolute Gasteiger partial charge is 0.263 e. The number of nitrogens with zero attached hydrogens (tertiary/aromatic N) is 2. The van der Waals surface area contributed by atoms with Gasteiger partial charge in [-0.2, -0.15) is 5.26 Å². The maximum absolute atomic E-state index is 11.9. The molecule has 0 saturated heterocycles. The second kappa shape index (κ2) is 7.75. The highest BCUT2D eigenvalue weighted by Crippen LogP contribution is 2.17. The topological polar surface area (TPSA) is 56.1 Å². The zero-order valence-corrected chi connectivity index (χ0v) is 11.4. The van der Waals surface area contributed by atoms with E-state index < -0.39 is 0 Å². The highest BCUT2D eigenvalue weighted by atomic mass is 16.1. The summed E-state index contributed by atoms with van der Waals surface area (Å²) in [5.74, 6) is -0.229. The van der Waals surface area contributed by atoms with Crippen molar-refractivity contribution in [2.24, 2.45) is 0 Å². The van der Waals surface area contributed by atoms with Crippen LogP contribution in [0.1, 0.15) is 45.4 Å². The van der Waals surface area contributed by atoms with Crippen LogP contribution in [0.25, 0.3) is 0 Å². The van der Waals surface area contributed by atoms with E-state index in [4.69, 9.17) is 5.26 Å². The van der Waals surface area contributed by atoms with Gasteiger partial charge in [0.1, 0.15) is 11.6 Å². The molecular formula is C14H23N3O. The molecular weight excluding hydrogens is 226 g/mol. The molecule has 1 aliphatic rings. The fraction of sp³-hybridized carbons (Fsp3) is 0.714. The van der Waals surface area contributed by atoms with Crippen LogP contribution in [0, 0.1) is 11.3 Å². The standard InChI is InChI=1S/C14H23N3O/c1-3-4-9-17(2)11-12(10-15)14(18)16-13-7-5-6-8-13/h11,13H,3-9H2,1-2H3,(H,16,18)/b12-11-. The average Bonchev–Trinajstić information content (AvgIpc) is 2.86. The highest BCUT2D eigenvalue weighted by molar-refractivity contribution is 5.97. The SMILES string of the molecule is CCCCN(C)/C=C(/C#N)C(=O)NC1CCCC1. The molecule has 1 aliphatic carbocycles. The van der Waals surface area contributed by atoms with Crippen molar-refractivity contribution >= 4 is 5.91 Å². The first kappa shape index (κ1) is 14.6. The summed E-state index contributed by atoms with van der Waals surface area (Å²) in [4.78, 5) is 13.8. The van der Waals surface area contributed by atoms with E-state index in [1.54, 1.807) is 6.20 Å². The lowest BCUT2D eigenvalue weighted by Gasteiger charge is -2.15. The molecule has 4 heteroatoms. The number of amides is 1.